The number of hydrogen-bond acceptors (Lipinski definition) is 5. The van der Waals surface area contributed by atoms with E-state index in [0.717, 1.165) is 42.9 Å². The van der Waals surface area contributed by atoms with Gasteiger partial charge in [-0.3, -0.25) is 14.5 Å². The summed E-state index contributed by atoms with van der Waals surface area (Å²) in [4.78, 5) is 6.94. The highest BCUT2D eigenvalue weighted by molar-refractivity contribution is 14.0. The van der Waals surface area contributed by atoms with E-state index in [1.54, 1.807) is 20.5 Å². The highest BCUT2D eigenvalue weighted by Gasteiger charge is 2.24. The van der Waals surface area contributed by atoms with E-state index >= 15 is 0 Å². The Bertz CT molecular complexity index is 1020. The second-order valence-electron chi connectivity index (χ2n) is 7.79. The lowest BCUT2D eigenvalue weighted by Gasteiger charge is -2.29. The van der Waals surface area contributed by atoms with Crippen LogP contribution in [0.25, 0.3) is 5.69 Å². The van der Waals surface area contributed by atoms with Crippen LogP contribution < -0.4 is 15.4 Å². The van der Waals surface area contributed by atoms with E-state index in [4.69, 9.17) is 4.74 Å². The molecule has 8 nitrogen and oxygen atoms in total. The zero-order valence-corrected chi connectivity index (χ0v) is 21.5. The van der Waals surface area contributed by atoms with Crippen LogP contribution in [0.15, 0.2) is 65.9 Å². The molecule has 2 N–H and O–H groups in total. The van der Waals surface area contributed by atoms with Gasteiger partial charge in [0.2, 0.25) is 0 Å². The number of halogens is 1. The minimum absolute atomic E-state index is 0. The van der Waals surface area contributed by atoms with Crippen molar-refractivity contribution in [2.45, 2.75) is 25.4 Å². The van der Waals surface area contributed by atoms with Crippen LogP contribution in [0.3, 0.4) is 0 Å². The second kappa shape index (κ2) is 12.5. The number of methoxy groups -OCH3 is 1. The van der Waals surface area contributed by atoms with E-state index in [0.29, 0.717) is 6.54 Å². The fourth-order valence-corrected chi connectivity index (χ4v) is 4.12. The molecule has 0 spiro atoms. The van der Waals surface area contributed by atoms with Crippen molar-refractivity contribution >= 4 is 29.9 Å². The molecule has 1 aliphatic rings. The van der Waals surface area contributed by atoms with E-state index in [-0.39, 0.29) is 30.0 Å². The molecule has 0 saturated carbocycles. The van der Waals surface area contributed by atoms with Crippen molar-refractivity contribution in [3.05, 3.63) is 72.3 Å². The van der Waals surface area contributed by atoms with Crippen molar-refractivity contribution in [3.63, 3.8) is 0 Å². The number of nitrogens with zero attached hydrogens (tertiary/aromatic N) is 5. The third-order valence-electron chi connectivity index (χ3n) is 5.81. The van der Waals surface area contributed by atoms with Gasteiger partial charge in [0.1, 0.15) is 12.1 Å². The maximum atomic E-state index is 5.45. The topological polar surface area (TPSA) is 79.6 Å². The molecule has 1 saturated heterocycles. The van der Waals surface area contributed by atoms with Crippen LogP contribution in [0.4, 0.5) is 0 Å². The van der Waals surface area contributed by atoms with Gasteiger partial charge in [-0.1, -0.05) is 30.3 Å². The van der Waals surface area contributed by atoms with E-state index in [1.807, 2.05) is 41.0 Å². The summed E-state index contributed by atoms with van der Waals surface area (Å²) in [7, 11) is 3.50. The van der Waals surface area contributed by atoms with Gasteiger partial charge in [0, 0.05) is 19.3 Å². The summed E-state index contributed by atoms with van der Waals surface area (Å²) in [5.74, 6) is 2.44. The number of aromatic nitrogens is 3. The van der Waals surface area contributed by atoms with Gasteiger partial charge in [-0.15, -0.1) is 34.2 Å². The Morgan fingerprint density at radius 2 is 1.88 bits per heavy atom. The second-order valence-corrected chi connectivity index (χ2v) is 7.79. The first-order chi connectivity index (χ1) is 15.8. The number of likely N-dealkylation sites (tertiary alicyclic amines) is 1. The van der Waals surface area contributed by atoms with Crippen molar-refractivity contribution < 1.29 is 4.74 Å². The first-order valence-electron chi connectivity index (χ1n) is 11.1. The summed E-state index contributed by atoms with van der Waals surface area (Å²) in [6.07, 6.45) is 4.21. The maximum absolute atomic E-state index is 5.45. The standard InChI is InChI=1S/C24H31N7O.HI/c1-25-24(27-17-23-29-28-18-31(23)20-10-4-3-5-11-20)26-16-22(30-13-6-7-14-30)19-9-8-12-21(15-19)32-2;/h3-5,8-12,15,18,22H,6-7,13-14,16-17H2,1-2H3,(H2,25,26,27);1H. The van der Waals surface area contributed by atoms with Gasteiger partial charge in [-0.2, -0.15) is 0 Å². The molecular weight excluding hydrogens is 529 g/mol. The highest BCUT2D eigenvalue weighted by Crippen LogP contribution is 2.27. The minimum Gasteiger partial charge on any atom is -0.497 e. The third kappa shape index (κ3) is 6.44. The molecule has 1 aromatic heterocycles. The Kier molecular flexibility index (Phi) is 9.49. The molecule has 33 heavy (non-hydrogen) atoms. The Balaban J connectivity index is 0.00000306. The molecule has 176 valence electrons. The lowest BCUT2D eigenvalue weighted by molar-refractivity contribution is 0.245. The normalized spacial score (nSPS) is 15.0. The maximum Gasteiger partial charge on any atom is 0.191 e. The van der Waals surface area contributed by atoms with Crippen LogP contribution in [0.2, 0.25) is 0 Å². The highest BCUT2D eigenvalue weighted by atomic mass is 127. The monoisotopic (exact) mass is 561 g/mol. The SMILES string of the molecule is CN=C(NCc1nncn1-c1ccccc1)NCC(c1cccc(OC)c1)N1CCCC1.I. The van der Waals surface area contributed by atoms with Gasteiger partial charge in [0.25, 0.3) is 0 Å². The van der Waals surface area contributed by atoms with Crippen LogP contribution in [0.1, 0.15) is 30.3 Å². The van der Waals surface area contributed by atoms with Gasteiger partial charge in [0.15, 0.2) is 11.8 Å². The molecule has 1 fully saturated rings. The van der Waals surface area contributed by atoms with Gasteiger partial charge < -0.3 is 15.4 Å². The number of nitrogens with one attached hydrogen (secondary N) is 2. The van der Waals surface area contributed by atoms with Crippen LogP contribution in [0, 0.1) is 0 Å². The molecule has 1 unspecified atom stereocenters. The largest absolute Gasteiger partial charge is 0.497 e. The molecular formula is C24H32IN7O. The zero-order chi connectivity index (χ0) is 22.2. The summed E-state index contributed by atoms with van der Waals surface area (Å²) in [5, 5.41) is 15.2. The number of guanidine groups is 1. The smallest absolute Gasteiger partial charge is 0.191 e. The predicted octanol–water partition coefficient (Wildman–Crippen LogP) is 3.40. The van der Waals surface area contributed by atoms with Crippen LogP contribution >= 0.6 is 24.0 Å². The molecule has 2 heterocycles. The number of aliphatic imine (C=N–C) groups is 1. The van der Waals surface area contributed by atoms with Gasteiger partial charge in [-0.25, -0.2) is 0 Å². The molecule has 0 aliphatic carbocycles. The molecule has 1 atom stereocenters. The lowest BCUT2D eigenvalue weighted by atomic mass is 10.1. The minimum atomic E-state index is 0. The zero-order valence-electron chi connectivity index (χ0n) is 19.1. The molecule has 0 amide bonds. The Hall–Kier alpha value is -2.66. The molecule has 0 bridgehead atoms. The predicted molar refractivity (Wildman–Crippen MR) is 142 cm³/mol. The van der Waals surface area contributed by atoms with Gasteiger partial charge in [-0.05, 0) is 55.8 Å². The van der Waals surface area contributed by atoms with Gasteiger partial charge in [0.05, 0.1) is 19.7 Å². The fourth-order valence-electron chi connectivity index (χ4n) is 4.12. The first kappa shape index (κ1) is 25.0. The van der Waals surface area contributed by atoms with Crippen LogP contribution in [-0.2, 0) is 6.54 Å². The van der Waals surface area contributed by atoms with Crippen LogP contribution in [0.5, 0.6) is 5.75 Å². The number of para-hydroxylation sites is 1. The number of hydrogen-bond donors (Lipinski definition) is 2. The average Bonchev–Trinajstić information content (AvgIpc) is 3.54. The third-order valence-corrected chi connectivity index (χ3v) is 5.81. The van der Waals surface area contributed by atoms with Crippen molar-refractivity contribution in [1.82, 2.24) is 30.3 Å². The number of benzene rings is 2. The quantitative estimate of drug-likeness (QED) is 0.250. The molecule has 4 rings (SSSR count). The number of ether oxygens (including phenoxy) is 1. The summed E-state index contributed by atoms with van der Waals surface area (Å²) in [6, 6.07) is 18.7. The van der Waals surface area contributed by atoms with Crippen molar-refractivity contribution in [3.8, 4) is 11.4 Å². The summed E-state index contributed by atoms with van der Waals surface area (Å²) >= 11 is 0. The lowest BCUT2D eigenvalue weighted by Crippen LogP contribution is -2.42. The first-order valence-corrected chi connectivity index (χ1v) is 11.1. The molecule has 2 aromatic carbocycles. The Morgan fingerprint density at radius 3 is 2.61 bits per heavy atom. The Morgan fingerprint density at radius 1 is 1.09 bits per heavy atom. The van der Waals surface area contributed by atoms with Crippen molar-refractivity contribution in [1.29, 1.82) is 0 Å². The fraction of sp³-hybridized carbons (Fsp3) is 0.375. The van der Waals surface area contributed by atoms with Crippen LogP contribution in [-0.4, -0.2) is 59.4 Å². The van der Waals surface area contributed by atoms with Crippen molar-refractivity contribution in [2.24, 2.45) is 4.99 Å². The van der Waals surface area contributed by atoms with E-state index < -0.39 is 0 Å². The van der Waals surface area contributed by atoms with E-state index in [9.17, 15) is 0 Å². The van der Waals surface area contributed by atoms with E-state index in [1.165, 1.54) is 18.4 Å². The summed E-state index contributed by atoms with van der Waals surface area (Å²) < 4.78 is 7.43. The summed E-state index contributed by atoms with van der Waals surface area (Å²) in [6.45, 7) is 3.48. The van der Waals surface area contributed by atoms with E-state index in [2.05, 4.69) is 48.9 Å². The Labute approximate surface area is 212 Å². The molecule has 9 heteroatoms. The van der Waals surface area contributed by atoms with Crippen molar-refractivity contribution in [2.75, 3.05) is 33.8 Å². The molecule has 0 radical (unpaired) electrons. The summed E-state index contributed by atoms with van der Waals surface area (Å²) in [5.41, 5.74) is 2.28. The molecule has 3 aromatic rings. The molecule has 1 aliphatic heterocycles. The number of rotatable bonds is 8. The van der Waals surface area contributed by atoms with Gasteiger partial charge >= 0.3 is 0 Å². The average molecular weight is 561 g/mol.